The van der Waals surface area contributed by atoms with Crippen molar-refractivity contribution in [3.63, 3.8) is 0 Å². The maximum absolute atomic E-state index is 12.2. The molecule has 26 heavy (non-hydrogen) atoms. The molecule has 132 valence electrons. The lowest BCUT2D eigenvalue weighted by molar-refractivity contribution is 0.0473. The quantitative estimate of drug-likeness (QED) is 0.703. The van der Waals surface area contributed by atoms with Crippen molar-refractivity contribution in [3.8, 4) is 0 Å². The molecule has 2 heterocycles. The Morgan fingerprint density at radius 1 is 0.846 bits per heavy atom. The molecule has 1 aliphatic rings. The Balaban J connectivity index is 1.53. The van der Waals surface area contributed by atoms with Crippen LogP contribution in [-0.2, 0) is 9.47 Å². The largest absolute Gasteiger partial charge is 0.441 e. The molecule has 8 heteroatoms. The van der Waals surface area contributed by atoms with Gasteiger partial charge in [0.15, 0.2) is 0 Å². The Labute approximate surface area is 149 Å². The van der Waals surface area contributed by atoms with E-state index in [9.17, 15) is 9.59 Å². The van der Waals surface area contributed by atoms with Gasteiger partial charge in [0.1, 0.15) is 24.9 Å². The van der Waals surface area contributed by atoms with E-state index in [0.717, 1.165) is 11.1 Å². The van der Waals surface area contributed by atoms with Crippen LogP contribution in [0.5, 0.6) is 0 Å². The fourth-order valence-corrected chi connectivity index (χ4v) is 3.06. The highest BCUT2D eigenvalue weighted by molar-refractivity contribution is 5.71. The zero-order valence-corrected chi connectivity index (χ0v) is 13.8. The molecular formula is C18H16N4O4. The number of imidazole rings is 2. The van der Waals surface area contributed by atoms with Crippen molar-refractivity contribution < 1.29 is 19.1 Å². The first kappa shape index (κ1) is 16.1. The minimum Gasteiger partial charge on any atom is -0.441 e. The predicted octanol–water partition coefficient (Wildman–Crippen LogP) is 3.33. The number of rotatable bonds is 2. The van der Waals surface area contributed by atoms with Crippen molar-refractivity contribution in [2.75, 3.05) is 0 Å². The van der Waals surface area contributed by atoms with E-state index >= 15 is 0 Å². The number of ether oxygens (including phenoxy) is 2. The SMILES string of the molecule is O=C(OC1CCC(OC(=O)n2ccnc2)c2ccccc21)n1ccnc1. The summed E-state index contributed by atoms with van der Waals surface area (Å²) < 4.78 is 13.8. The van der Waals surface area contributed by atoms with Crippen LogP contribution >= 0.6 is 0 Å². The van der Waals surface area contributed by atoms with E-state index in [1.54, 1.807) is 0 Å². The van der Waals surface area contributed by atoms with Crippen molar-refractivity contribution >= 4 is 12.2 Å². The molecule has 0 aliphatic heterocycles. The van der Waals surface area contributed by atoms with Gasteiger partial charge in [-0.15, -0.1) is 0 Å². The van der Waals surface area contributed by atoms with E-state index in [-0.39, 0.29) is 0 Å². The molecule has 0 spiro atoms. The van der Waals surface area contributed by atoms with Crippen molar-refractivity contribution in [3.05, 3.63) is 72.8 Å². The fourth-order valence-electron chi connectivity index (χ4n) is 3.06. The van der Waals surface area contributed by atoms with Crippen molar-refractivity contribution in [1.82, 2.24) is 19.1 Å². The summed E-state index contributed by atoms with van der Waals surface area (Å²) in [6.45, 7) is 0. The average Bonchev–Trinajstić information content (AvgIpc) is 3.37. The Kier molecular flexibility index (Phi) is 4.22. The molecule has 2 atom stereocenters. The van der Waals surface area contributed by atoms with Crippen molar-refractivity contribution in [2.24, 2.45) is 0 Å². The van der Waals surface area contributed by atoms with Crippen LogP contribution in [0.25, 0.3) is 0 Å². The molecule has 0 bridgehead atoms. The maximum Gasteiger partial charge on any atom is 0.419 e. The molecule has 0 amide bonds. The zero-order chi connectivity index (χ0) is 17.9. The van der Waals surface area contributed by atoms with Gasteiger partial charge < -0.3 is 9.47 Å². The number of fused-ring (bicyclic) bond motifs is 1. The third-order valence-electron chi connectivity index (χ3n) is 4.30. The third-order valence-corrected chi connectivity index (χ3v) is 4.30. The van der Waals surface area contributed by atoms with Crippen LogP contribution in [0.2, 0.25) is 0 Å². The second-order valence-corrected chi connectivity index (χ2v) is 5.89. The molecule has 0 N–H and O–H groups in total. The Bertz CT molecular complexity index is 830. The molecule has 3 aromatic rings. The predicted molar refractivity (Wildman–Crippen MR) is 89.4 cm³/mol. The fraction of sp³-hybridized carbons (Fsp3) is 0.222. The van der Waals surface area contributed by atoms with Crippen LogP contribution < -0.4 is 0 Å². The van der Waals surface area contributed by atoms with Gasteiger partial charge in [-0.05, 0) is 24.0 Å². The Morgan fingerprint density at radius 2 is 1.31 bits per heavy atom. The summed E-state index contributed by atoms with van der Waals surface area (Å²) in [6.07, 6.45) is 8.22. The summed E-state index contributed by atoms with van der Waals surface area (Å²) in [5.74, 6) is 0. The number of benzene rings is 1. The number of hydrogen-bond donors (Lipinski definition) is 0. The summed E-state index contributed by atoms with van der Waals surface area (Å²) in [5.41, 5.74) is 1.69. The molecular weight excluding hydrogens is 336 g/mol. The lowest BCUT2D eigenvalue weighted by atomic mass is 9.87. The second-order valence-electron chi connectivity index (χ2n) is 5.89. The first-order valence-corrected chi connectivity index (χ1v) is 8.19. The molecule has 2 aromatic heterocycles. The number of carbonyl (C=O) groups is 2. The van der Waals surface area contributed by atoms with Crippen LogP contribution in [-0.4, -0.2) is 31.3 Å². The van der Waals surface area contributed by atoms with Crippen LogP contribution in [0.4, 0.5) is 9.59 Å². The standard InChI is InChI=1S/C18H16N4O4/c23-17(21-9-7-19-11-21)25-15-5-6-16(14-4-2-1-3-13(14)15)26-18(24)22-10-8-20-12-22/h1-4,7-12,15-16H,5-6H2. The van der Waals surface area contributed by atoms with Gasteiger partial charge in [-0.2, -0.15) is 0 Å². The van der Waals surface area contributed by atoms with Gasteiger partial charge >= 0.3 is 12.2 Å². The van der Waals surface area contributed by atoms with E-state index in [1.165, 1.54) is 46.6 Å². The Morgan fingerprint density at radius 3 is 1.69 bits per heavy atom. The molecule has 0 fully saturated rings. The van der Waals surface area contributed by atoms with Crippen molar-refractivity contribution in [2.45, 2.75) is 25.0 Å². The molecule has 0 saturated carbocycles. The highest BCUT2D eigenvalue weighted by Crippen LogP contribution is 2.40. The molecule has 0 saturated heterocycles. The van der Waals surface area contributed by atoms with Crippen LogP contribution in [0, 0.1) is 0 Å². The van der Waals surface area contributed by atoms with E-state index < -0.39 is 24.4 Å². The summed E-state index contributed by atoms with van der Waals surface area (Å²) in [6, 6.07) is 7.52. The molecule has 1 aliphatic carbocycles. The highest BCUT2D eigenvalue weighted by atomic mass is 16.6. The van der Waals surface area contributed by atoms with Gasteiger partial charge in [0.05, 0.1) is 0 Å². The monoisotopic (exact) mass is 352 g/mol. The minimum atomic E-state index is -0.490. The van der Waals surface area contributed by atoms with Gasteiger partial charge in [0, 0.05) is 24.8 Å². The summed E-state index contributed by atoms with van der Waals surface area (Å²) in [5, 5.41) is 0. The van der Waals surface area contributed by atoms with E-state index in [4.69, 9.17) is 9.47 Å². The molecule has 8 nitrogen and oxygen atoms in total. The zero-order valence-electron chi connectivity index (χ0n) is 13.8. The van der Waals surface area contributed by atoms with Gasteiger partial charge in [0.2, 0.25) is 0 Å². The summed E-state index contributed by atoms with van der Waals surface area (Å²) in [4.78, 5) is 32.1. The molecule has 0 radical (unpaired) electrons. The lowest BCUT2D eigenvalue weighted by Gasteiger charge is -2.30. The third kappa shape index (κ3) is 3.08. The van der Waals surface area contributed by atoms with E-state index in [2.05, 4.69) is 9.97 Å². The molecule has 2 unspecified atom stereocenters. The second kappa shape index (κ2) is 6.83. The Hall–Kier alpha value is -3.42. The van der Waals surface area contributed by atoms with Crippen molar-refractivity contribution in [1.29, 1.82) is 0 Å². The maximum atomic E-state index is 12.2. The van der Waals surface area contributed by atoms with E-state index in [1.807, 2.05) is 24.3 Å². The van der Waals surface area contributed by atoms with Gasteiger partial charge in [-0.3, -0.25) is 0 Å². The van der Waals surface area contributed by atoms with Crippen LogP contribution in [0.15, 0.2) is 61.7 Å². The number of nitrogens with zero attached hydrogens (tertiary/aromatic N) is 4. The van der Waals surface area contributed by atoms with Gasteiger partial charge in [0.25, 0.3) is 0 Å². The molecule has 4 rings (SSSR count). The number of aromatic nitrogens is 4. The summed E-state index contributed by atoms with van der Waals surface area (Å²) >= 11 is 0. The van der Waals surface area contributed by atoms with Crippen LogP contribution in [0.3, 0.4) is 0 Å². The smallest absolute Gasteiger partial charge is 0.419 e. The number of carbonyl (C=O) groups excluding carboxylic acids is 2. The van der Waals surface area contributed by atoms with Crippen LogP contribution in [0.1, 0.15) is 36.2 Å². The van der Waals surface area contributed by atoms with E-state index in [0.29, 0.717) is 12.8 Å². The summed E-state index contributed by atoms with van der Waals surface area (Å²) in [7, 11) is 0. The lowest BCUT2D eigenvalue weighted by Crippen LogP contribution is -2.25. The van der Waals surface area contributed by atoms with Gasteiger partial charge in [-0.25, -0.2) is 28.7 Å². The minimum absolute atomic E-state index is 0.399. The average molecular weight is 352 g/mol. The topological polar surface area (TPSA) is 88.2 Å². The first-order valence-electron chi connectivity index (χ1n) is 8.19. The molecule has 1 aromatic carbocycles. The number of hydrogen-bond acceptors (Lipinski definition) is 6. The normalized spacial score (nSPS) is 18.8. The highest BCUT2D eigenvalue weighted by Gasteiger charge is 2.32. The van der Waals surface area contributed by atoms with Gasteiger partial charge in [-0.1, -0.05) is 24.3 Å². The first-order chi connectivity index (χ1) is 12.7.